The number of nitrogens with one attached hydrogen (secondary N) is 2. The van der Waals surface area contributed by atoms with Gasteiger partial charge in [0.05, 0.1) is 11.4 Å². The zero-order valence-electron chi connectivity index (χ0n) is 19.4. The third-order valence-corrected chi connectivity index (χ3v) is 5.88. The van der Waals surface area contributed by atoms with Crippen molar-refractivity contribution < 1.29 is 0 Å². The predicted molar refractivity (Wildman–Crippen MR) is 139 cm³/mol. The van der Waals surface area contributed by atoms with E-state index in [0.717, 1.165) is 50.6 Å². The minimum absolute atomic E-state index is 0.461. The lowest BCUT2D eigenvalue weighted by atomic mass is 10.0. The summed E-state index contributed by atoms with van der Waals surface area (Å²) in [6.07, 6.45) is 6.91. The van der Waals surface area contributed by atoms with E-state index >= 15 is 0 Å². The first-order chi connectivity index (χ1) is 16.6. The van der Waals surface area contributed by atoms with Crippen LogP contribution in [0.15, 0.2) is 85.6 Å². The van der Waals surface area contributed by atoms with Crippen molar-refractivity contribution in [3.63, 3.8) is 0 Å². The Morgan fingerprint density at radius 2 is 1.62 bits per heavy atom. The molecule has 0 spiro atoms. The molecule has 3 aromatic heterocycles. The molecule has 0 radical (unpaired) electrons. The van der Waals surface area contributed by atoms with E-state index in [1.807, 2.05) is 30.5 Å². The van der Waals surface area contributed by atoms with Crippen LogP contribution in [0.3, 0.4) is 0 Å². The van der Waals surface area contributed by atoms with Crippen molar-refractivity contribution in [2.75, 3.05) is 10.6 Å². The summed E-state index contributed by atoms with van der Waals surface area (Å²) in [5, 5.41) is 9.19. The van der Waals surface area contributed by atoms with Gasteiger partial charge in [0.15, 0.2) is 0 Å². The topological polar surface area (TPSA) is 75.6 Å². The first-order valence-electron chi connectivity index (χ1n) is 11.3. The van der Waals surface area contributed by atoms with Crippen LogP contribution in [0, 0.1) is 6.92 Å². The third kappa shape index (κ3) is 4.30. The van der Waals surface area contributed by atoms with Crippen LogP contribution < -0.4 is 10.6 Å². The number of aromatic nitrogens is 4. The van der Waals surface area contributed by atoms with Gasteiger partial charge in [0, 0.05) is 40.6 Å². The van der Waals surface area contributed by atoms with E-state index in [4.69, 9.17) is 0 Å². The molecule has 0 atom stereocenters. The maximum Gasteiger partial charge on any atom is 0.139 e. The van der Waals surface area contributed by atoms with E-state index in [2.05, 4.69) is 87.7 Å². The van der Waals surface area contributed by atoms with Crippen molar-refractivity contribution >= 4 is 33.8 Å². The Morgan fingerprint density at radius 3 is 2.44 bits per heavy atom. The van der Waals surface area contributed by atoms with E-state index in [1.54, 1.807) is 18.7 Å². The van der Waals surface area contributed by atoms with Gasteiger partial charge < -0.3 is 10.6 Å². The second-order valence-corrected chi connectivity index (χ2v) is 8.54. The molecule has 0 aliphatic carbocycles. The zero-order chi connectivity index (χ0) is 23.5. The lowest BCUT2D eigenvalue weighted by Crippen LogP contribution is -2.01. The molecule has 0 aliphatic heterocycles. The molecular formula is C28H26N6. The molecule has 0 fully saturated rings. The van der Waals surface area contributed by atoms with Gasteiger partial charge in [-0.05, 0) is 60.4 Å². The lowest BCUT2D eigenvalue weighted by Gasteiger charge is -2.17. The fourth-order valence-corrected chi connectivity index (χ4v) is 4.02. The molecule has 6 nitrogen and oxygen atoms in total. The van der Waals surface area contributed by atoms with Crippen molar-refractivity contribution in [2.45, 2.75) is 26.7 Å². The van der Waals surface area contributed by atoms with E-state index in [1.165, 1.54) is 5.56 Å². The van der Waals surface area contributed by atoms with Gasteiger partial charge in [-0.15, -0.1) is 0 Å². The fourth-order valence-electron chi connectivity index (χ4n) is 4.02. The first-order valence-corrected chi connectivity index (χ1v) is 11.3. The lowest BCUT2D eigenvalue weighted by molar-refractivity contribution is 0.867. The first kappa shape index (κ1) is 21.5. The second-order valence-electron chi connectivity index (χ2n) is 8.54. The van der Waals surface area contributed by atoms with Crippen molar-refractivity contribution in [3.05, 3.63) is 96.7 Å². The molecule has 0 saturated heterocycles. The van der Waals surface area contributed by atoms with Crippen molar-refractivity contribution in [3.8, 4) is 11.3 Å². The normalized spacial score (nSPS) is 11.1. The predicted octanol–water partition coefficient (Wildman–Crippen LogP) is 7.01. The van der Waals surface area contributed by atoms with Crippen LogP contribution in [0.1, 0.15) is 30.9 Å². The highest BCUT2D eigenvalue weighted by Gasteiger charge is 2.13. The smallest absolute Gasteiger partial charge is 0.139 e. The summed E-state index contributed by atoms with van der Waals surface area (Å²) in [7, 11) is 0. The highest BCUT2D eigenvalue weighted by Crippen LogP contribution is 2.35. The molecule has 0 bridgehead atoms. The Labute approximate surface area is 199 Å². The van der Waals surface area contributed by atoms with E-state index < -0.39 is 0 Å². The molecule has 6 heteroatoms. The molecule has 0 aliphatic rings. The molecule has 0 saturated carbocycles. The monoisotopic (exact) mass is 446 g/mol. The molecule has 2 N–H and O–H groups in total. The molecule has 0 amide bonds. The summed E-state index contributed by atoms with van der Waals surface area (Å²) < 4.78 is 0. The summed E-state index contributed by atoms with van der Waals surface area (Å²) in [4.78, 5) is 17.7. The summed E-state index contributed by atoms with van der Waals surface area (Å²) in [5.74, 6) is 2.02. The number of benzene rings is 2. The fraction of sp³-hybridized carbons (Fsp3) is 0.143. The average molecular weight is 447 g/mol. The van der Waals surface area contributed by atoms with Crippen LogP contribution in [-0.2, 0) is 0 Å². The number of fused-ring (bicyclic) bond motifs is 1. The molecule has 0 unspecified atom stereocenters. The summed E-state index contributed by atoms with van der Waals surface area (Å²) in [5.41, 5.74) is 6.16. The van der Waals surface area contributed by atoms with Crippen LogP contribution >= 0.6 is 0 Å². The number of hydrogen-bond acceptors (Lipinski definition) is 6. The molecule has 2 aromatic carbocycles. The Kier molecular flexibility index (Phi) is 5.87. The van der Waals surface area contributed by atoms with Crippen LogP contribution in [0.25, 0.3) is 22.0 Å². The average Bonchev–Trinajstić information content (AvgIpc) is 2.87. The summed E-state index contributed by atoms with van der Waals surface area (Å²) in [6.45, 7) is 6.49. The van der Waals surface area contributed by atoms with Crippen molar-refractivity contribution in [1.29, 1.82) is 0 Å². The number of nitrogens with zero attached hydrogens (tertiary/aromatic N) is 4. The van der Waals surface area contributed by atoms with Gasteiger partial charge >= 0.3 is 0 Å². The second kappa shape index (κ2) is 9.27. The van der Waals surface area contributed by atoms with Crippen LogP contribution in [0.2, 0.25) is 0 Å². The summed E-state index contributed by atoms with van der Waals surface area (Å²) >= 11 is 0. The molecule has 5 rings (SSSR count). The maximum atomic E-state index is 4.65. The molecule has 34 heavy (non-hydrogen) atoms. The van der Waals surface area contributed by atoms with Gasteiger partial charge in [-0.1, -0.05) is 38.1 Å². The van der Waals surface area contributed by atoms with Gasteiger partial charge in [0.1, 0.15) is 18.0 Å². The van der Waals surface area contributed by atoms with Gasteiger partial charge in [-0.2, -0.15) is 0 Å². The highest BCUT2D eigenvalue weighted by molar-refractivity contribution is 6.03. The zero-order valence-corrected chi connectivity index (χ0v) is 19.4. The van der Waals surface area contributed by atoms with Gasteiger partial charge in [-0.25, -0.2) is 19.9 Å². The van der Waals surface area contributed by atoms with Gasteiger partial charge in [0.25, 0.3) is 0 Å². The van der Waals surface area contributed by atoms with E-state index in [0.29, 0.717) is 5.92 Å². The highest BCUT2D eigenvalue weighted by atomic mass is 15.0. The van der Waals surface area contributed by atoms with Gasteiger partial charge in [0.2, 0.25) is 0 Å². The SMILES string of the molecule is Cc1ccc2c(Nc3cccc(C(C)C)c3)nccc2c1Nc1ncccc1-c1ccncn1. The summed E-state index contributed by atoms with van der Waals surface area (Å²) in [6, 6.07) is 20.5. The van der Waals surface area contributed by atoms with Crippen molar-refractivity contribution in [1.82, 2.24) is 19.9 Å². The van der Waals surface area contributed by atoms with Crippen LogP contribution in [0.4, 0.5) is 23.0 Å². The molecular weight excluding hydrogens is 420 g/mol. The number of hydrogen-bond donors (Lipinski definition) is 2. The molecule has 3 heterocycles. The quantitative estimate of drug-likeness (QED) is 0.292. The molecule has 5 aromatic rings. The van der Waals surface area contributed by atoms with E-state index in [-0.39, 0.29) is 0 Å². The maximum absolute atomic E-state index is 4.65. The Hall–Kier alpha value is -4.32. The number of anilines is 4. The van der Waals surface area contributed by atoms with E-state index in [9.17, 15) is 0 Å². The van der Waals surface area contributed by atoms with Crippen LogP contribution in [0.5, 0.6) is 0 Å². The molecule has 168 valence electrons. The Morgan fingerprint density at radius 1 is 0.735 bits per heavy atom. The van der Waals surface area contributed by atoms with Gasteiger partial charge in [-0.3, -0.25) is 0 Å². The minimum Gasteiger partial charge on any atom is -0.340 e. The van der Waals surface area contributed by atoms with Crippen molar-refractivity contribution in [2.24, 2.45) is 0 Å². The Balaban J connectivity index is 1.56. The Bertz CT molecular complexity index is 1450. The number of aryl methyl sites for hydroxylation is 1. The minimum atomic E-state index is 0.461. The number of rotatable bonds is 6. The van der Waals surface area contributed by atoms with Crippen LogP contribution in [-0.4, -0.2) is 19.9 Å². The third-order valence-electron chi connectivity index (χ3n) is 5.88. The number of pyridine rings is 2. The standard InChI is InChI=1S/C28H26N6/c1-18(2)20-6-4-7-21(16-20)33-27-23-10-9-19(3)26(22(23)11-15-31-27)34-28-24(8-5-13-30-28)25-12-14-29-17-32-25/h4-18H,1-3H3,(H,30,34)(H,31,33). The largest absolute Gasteiger partial charge is 0.340 e.